The average Bonchev–Trinajstić information content (AvgIpc) is 3.12. The van der Waals surface area contributed by atoms with Crippen LogP contribution in [0.4, 0.5) is 11.4 Å². The smallest absolute Gasteiger partial charge is 0.279 e. The number of aromatic nitrogens is 4. The van der Waals surface area contributed by atoms with Crippen molar-refractivity contribution in [2.45, 2.75) is 28.8 Å². The van der Waals surface area contributed by atoms with Gasteiger partial charge in [0.2, 0.25) is 5.16 Å². The normalized spacial score (nSPS) is 11.5. The second-order valence-electron chi connectivity index (χ2n) is 6.67. The van der Waals surface area contributed by atoms with E-state index >= 15 is 0 Å². The molecule has 0 unspecified atom stereocenters. The lowest BCUT2D eigenvalue weighted by molar-refractivity contribution is -0.388. The molecule has 1 N–H and O–H groups in total. The van der Waals surface area contributed by atoms with Crippen molar-refractivity contribution in [3.8, 4) is 0 Å². The predicted molar refractivity (Wildman–Crippen MR) is 115 cm³/mol. The van der Waals surface area contributed by atoms with Crippen LogP contribution in [0.2, 0.25) is 0 Å². The fourth-order valence-electron chi connectivity index (χ4n) is 2.88. The molecule has 0 aliphatic rings. The van der Waals surface area contributed by atoms with Crippen LogP contribution < -0.4 is 4.72 Å². The number of nitro benzene ring substituents is 1. The van der Waals surface area contributed by atoms with Gasteiger partial charge in [-0.25, -0.2) is 17.9 Å². The molecule has 0 saturated carbocycles. The molecular formula is C19H16N6O4S2. The van der Waals surface area contributed by atoms with E-state index < -0.39 is 14.9 Å². The lowest BCUT2D eigenvalue weighted by Crippen LogP contribution is -2.14. The molecule has 0 atom stereocenters. The minimum absolute atomic E-state index is 0.214. The van der Waals surface area contributed by atoms with Crippen molar-refractivity contribution in [2.75, 3.05) is 4.72 Å². The first-order chi connectivity index (χ1) is 14.7. The second kappa shape index (κ2) is 7.96. The number of fused-ring (bicyclic) bond motifs is 1. The Morgan fingerprint density at radius 3 is 2.68 bits per heavy atom. The van der Waals surface area contributed by atoms with Crippen LogP contribution in [0.1, 0.15) is 11.1 Å². The molecule has 0 bridgehead atoms. The maximum Gasteiger partial charge on any atom is 0.284 e. The van der Waals surface area contributed by atoms with E-state index in [2.05, 4.69) is 19.8 Å². The Hall–Kier alpha value is -3.51. The Morgan fingerprint density at radius 2 is 1.97 bits per heavy atom. The third kappa shape index (κ3) is 4.34. The van der Waals surface area contributed by atoms with Crippen molar-refractivity contribution in [1.82, 2.24) is 19.6 Å². The van der Waals surface area contributed by atoms with Crippen LogP contribution in [0.5, 0.6) is 0 Å². The van der Waals surface area contributed by atoms with Crippen molar-refractivity contribution >= 4 is 38.9 Å². The van der Waals surface area contributed by atoms with E-state index in [0.717, 1.165) is 29.0 Å². The lowest BCUT2D eigenvalue weighted by atomic mass is 10.1. The highest BCUT2D eigenvalue weighted by Gasteiger charge is 2.23. The standard InChI is InChI=1S/C19H16N6O4S2/c1-12-4-6-15(13(2)10-12)23-31(28,29)14-5-7-17(16(11-14)25(26)27)30-19-21-18-20-8-3-9-24(18)22-19/h3-11,23H,1-2H3. The van der Waals surface area contributed by atoms with Gasteiger partial charge >= 0.3 is 0 Å². The highest BCUT2D eigenvalue weighted by molar-refractivity contribution is 7.99. The van der Waals surface area contributed by atoms with Crippen LogP contribution in [0.3, 0.4) is 0 Å². The monoisotopic (exact) mass is 456 g/mol. The van der Waals surface area contributed by atoms with Gasteiger partial charge in [-0.2, -0.15) is 4.98 Å². The number of nitrogens with one attached hydrogen (secondary N) is 1. The Kier molecular flexibility index (Phi) is 5.33. The number of sulfonamides is 1. The molecule has 2 heterocycles. The van der Waals surface area contributed by atoms with E-state index in [0.29, 0.717) is 11.5 Å². The summed E-state index contributed by atoms with van der Waals surface area (Å²) in [4.78, 5) is 19.3. The van der Waals surface area contributed by atoms with Gasteiger partial charge in [-0.15, -0.1) is 5.10 Å². The van der Waals surface area contributed by atoms with Crippen molar-refractivity contribution in [1.29, 1.82) is 0 Å². The molecule has 12 heteroatoms. The largest absolute Gasteiger partial charge is 0.284 e. The molecule has 0 aliphatic carbocycles. The van der Waals surface area contributed by atoms with Crippen molar-refractivity contribution < 1.29 is 13.3 Å². The molecule has 10 nitrogen and oxygen atoms in total. The molecule has 0 spiro atoms. The van der Waals surface area contributed by atoms with Crippen molar-refractivity contribution in [3.05, 3.63) is 76.1 Å². The topological polar surface area (TPSA) is 132 Å². The maximum absolute atomic E-state index is 12.8. The predicted octanol–water partition coefficient (Wildman–Crippen LogP) is 3.60. The molecule has 0 fully saturated rings. The van der Waals surface area contributed by atoms with E-state index in [-0.39, 0.29) is 20.6 Å². The summed E-state index contributed by atoms with van der Waals surface area (Å²) in [5.74, 6) is 0.351. The van der Waals surface area contributed by atoms with Crippen LogP contribution >= 0.6 is 11.8 Å². The Labute approximate surface area is 181 Å². The van der Waals surface area contributed by atoms with Crippen LogP contribution in [0.25, 0.3) is 5.78 Å². The van der Waals surface area contributed by atoms with E-state index in [1.165, 1.54) is 16.6 Å². The van der Waals surface area contributed by atoms with Gasteiger partial charge in [-0.3, -0.25) is 14.8 Å². The molecule has 0 amide bonds. The summed E-state index contributed by atoms with van der Waals surface area (Å²) in [5.41, 5.74) is 1.79. The van der Waals surface area contributed by atoms with Gasteiger partial charge < -0.3 is 0 Å². The zero-order valence-corrected chi connectivity index (χ0v) is 18.0. The summed E-state index contributed by atoms with van der Waals surface area (Å²) in [7, 11) is -4.02. The molecule has 2 aromatic carbocycles. The molecule has 0 radical (unpaired) electrons. The first-order valence-corrected chi connectivity index (χ1v) is 11.3. The summed E-state index contributed by atoms with van der Waals surface area (Å²) < 4.78 is 29.6. The summed E-state index contributed by atoms with van der Waals surface area (Å²) in [5, 5.41) is 16.1. The van der Waals surface area contributed by atoms with Gasteiger partial charge in [-0.05, 0) is 55.4 Å². The fourth-order valence-corrected chi connectivity index (χ4v) is 4.86. The average molecular weight is 457 g/mol. The summed E-state index contributed by atoms with van der Waals surface area (Å²) in [6.45, 7) is 3.68. The molecule has 31 heavy (non-hydrogen) atoms. The number of hydrogen-bond acceptors (Lipinski definition) is 8. The molecule has 4 rings (SSSR count). The quantitative estimate of drug-likeness (QED) is 0.344. The third-order valence-electron chi connectivity index (χ3n) is 4.36. The minimum Gasteiger partial charge on any atom is -0.279 e. The minimum atomic E-state index is -4.02. The Morgan fingerprint density at radius 1 is 1.16 bits per heavy atom. The second-order valence-corrected chi connectivity index (χ2v) is 9.36. The molecule has 158 valence electrons. The highest BCUT2D eigenvalue weighted by Crippen LogP contribution is 2.35. The van der Waals surface area contributed by atoms with Gasteiger partial charge in [0, 0.05) is 18.5 Å². The van der Waals surface area contributed by atoms with Gasteiger partial charge in [0.15, 0.2) is 0 Å². The zero-order chi connectivity index (χ0) is 22.2. The van der Waals surface area contributed by atoms with Crippen LogP contribution in [-0.2, 0) is 10.0 Å². The van der Waals surface area contributed by atoms with Gasteiger partial charge in [0.1, 0.15) is 0 Å². The van der Waals surface area contributed by atoms with Crippen molar-refractivity contribution in [2.24, 2.45) is 0 Å². The molecule has 2 aromatic heterocycles. The first-order valence-electron chi connectivity index (χ1n) is 8.97. The maximum atomic E-state index is 12.8. The van der Waals surface area contributed by atoms with Gasteiger partial charge in [-0.1, -0.05) is 17.7 Å². The molecule has 0 aliphatic heterocycles. The van der Waals surface area contributed by atoms with E-state index in [9.17, 15) is 18.5 Å². The van der Waals surface area contributed by atoms with Crippen molar-refractivity contribution in [3.63, 3.8) is 0 Å². The number of anilines is 1. The van der Waals surface area contributed by atoms with Crippen LogP contribution in [-0.4, -0.2) is 32.9 Å². The summed E-state index contributed by atoms with van der Waals surface area (Å²) in [6.07, 6.45) is 3.21. The van der Waals surface area contributed by atoms with E-state index in [4.69, 9.17) is 0 Å². The SMILES string of the molecule is Cc1ccc(NS(=O)(=O)c2ccc(Sc3nc4ncccn4n3)c([N+](=O)[O-])c2)c(C)c1. The van der Waals surface area contributed by atoms with Gasteiger partial charge in [0.05, 0.1) is 20.4 Å². The summed E-state index contributed by atoms with van der Waals surface area (Å²) in [6, 6.07) is 10.7. The van der Waals surface area contributed by atoms with Crippen LogP contribution in [0, 0.1) is 24.0 Å². The number of nitro groups is 1. The number of nitrogens with zero attached hydrogens (tertiary/aromatic N) is 5. The highest BCUT2D eigenvalue weighted by atomic mass is 32.2. The summed E-state index contributed by atoms with van der Waals surface area (Å²) >= 11 is 0.956. The molecule has 4 aromatic rings. The lowest BCUT2D eigenvalue weighted by Gasteiger charge is -2.11. The fraction of sp³-hybridized carbons (Fsp3) is 0.105. The first kappa shape index (κ1) is 20.8. The Bertz CT molecular complexity index is 1390. The Balaban J connectivity index is 1.67. The number of aryl methyl sites for hydroxylation is 2. The number of benzene rings is 2. The van der Waals surface area contributed by atoms with Gasteiger partial charge in [0.25, 0.3) is 21.5 Å². The molecule has 0 saturated heterocycles. The number of hydrogen-bond donors (Lipinski definition) is 1. The number of rotatable bonds is 6. The van der Waals surface area contributed by atoms with Crippen LogP contribution in [0.15, 0.2) is 69.8 Å². The third-order valence-corrected chi connectivity index (χ3v) is 6.65. The van der Waals surface area contributed by atoms with E-state index in [1.54, 1.807) is 37.5 Å². The van der Waals surface area contributed by atoms with E-state index in [1.807, 2.05) is 13.0 Å². The molecular weight excluding hydrogens is 440 g/mol. The zero-order valence-electron chi connectivity index (χ0n) is 16.4.